The molecule has 0 aromatic carbocycles. The molecule has 0 unspecified atom stereocenters. The van der Waals surface area contributed by atoms with Gasteiger partial charge in [-0.05, 0) is 19.8 Å². The van der Waals surface area contributed by atoms with E-state index < -0.39 is 0 Å². The van der Waals surface area contributed by atoms with Gasteiger partial charge in [0.2, 0.25) is 0 Å². The number of carbonyl (C=O) groups is 1. The van der Waals surface area contributed by atoms with Gasteiger partial charge in [-0.3, -0.25) is 14.8 Å². The molecule has 3 heteroatoms. The summed E-state index contributed by atoms with van der Waals surface area (Å²) in [6, 6.07) is 0. The van der Waals surface area contributed by atoms with Crippen LogP contribution in [0.1, 0.15) is 25.5 Å². The smallest absolute Gasteiger partial charge is 0.141 e. The molecule has 1 aromatic rings. The second kappa shape index (κ2) is 2.37. The molecule has 0 amide bonds. The molecule has 1 aliphatic carbocycles. The molecule has 1 heterocycles. The molecule has 0 radical (unpaired) electrons. The Kier molecular flexibility index (Phi) is 1.46. The third-order valence-corrected chi connectivity index (χ3v) is 2.48. The first-order chi connectivity index (χ1) is 5.76. The van der Waals surface area contributed by atoms with E-state index in [0.29, 0.717) is 0 Å². The fourth-order valence-electron chi connectivity index (χ4n) is 1.46. The summed E-state index contributed by atoms with van der Waals surface area (Å²) in [5, 5.41) is 0. The Morgan fingerprint density at radius 1 is 1.50 bits per heavy atom. The SMILES string of the molecule is CC(=O)C1(c2cnccn2)CC1. The van der Waals surface area contributed by atoms with Crippen molar-refractivity contribution in [3.05, 3.63) is 24.3 Å². The van der Waals surface area contributed by atoms with Crippen molar-refractivity contribution in [3.8, 4) is 0 Å². The minimum absolute atomic E-state index is 0.211. The van der Waals surface area contributed by atoms with Crippen molar-refractivity contribution in [2.45, 2.75) is 25.2 Å². The van der Waals surface area contributed by atoms with Crippen molar-refractivity contribution in [1.29, 1.82) is 0 Å². The molecule has 3 nitrogen and oxygen atoms in total. The van der Waals surface area contributed by atoms with Crippen molar-refractivity contribution in [2.75, 3.05) is 0 Å². The van der Waals surface area contributed by atoms with E-state index in [4.69, 9.17) is 0 Å². The van der Waals surface area contributed by atoms with E-state index in [1.165, 1.54) is 0 Å². The Labute approximate surface area is 70.9 Å². The molecule has 2 rings (SSSR count). The molecule has 62 valence electrons. The Bertz CT molecular complexity index is 304. The van der Waals surface area contributed by atoms with Crippen LogP contribution in [0.2, 0.25) is 0 Å². The van der Waals surface area contributed by atoms with Gasteiger partial charge >= 0.3 is 0 Å². The lowest BCUT2D eigenvalue weighted by Crippen LogP contribution is -2.18. The van der Waals surface area contributed by atoms with Crippen LogP contribution < -0.4 is 0 Å². The maximum absolute atomic E-state index is 11.3. The summed E-state index contributed by atoms with van der Waals surface area (Å²) >= 11 is 0. The van der Waals surface area contributed by atoms with Gasteiger partial charge in [-0.1, -0.05) is 0 Å². The molecule has 0 aliphatic heterocycles. The zero-order chi connectivity index (χ0) is 8.60. The Hall–Kier alpha value is -1.25. The predicted octanol–water partition coefficient (Wildman–Crippen LogP) is 1.10. The summed E-state index contributed by atoms with van der Waals surface area (Å²) in [7, 11) is 0. The van der Waals surface area contributed by atoms with Gasteiger partial charge in [0.05, 0.1) is 11.1 Å². The fourth-order valence-corrected chi connectivity index (χ4v) is 1.46. The fraction of sp³-hybridized carbons (Fsp3) is 0.444. The standard InChI is InChI=1S/C9H10N2O/c1-7(12)9(2-3-9)8-6-10-4-5-11-8/h4-6H,2-3H2,1H3. The summed E-state index contributed by atoms with van der Waals surface area (Å²) in [6.45, 7) is 1.63. The normalized spacial score (nSPS) is 18.8. The van der Waals surface area contributed by atoms with Crippen LogP contribution in [0.5, 0.6) is 0 Å². The Balaban J connectivity index is 2.37. The molecule has 1 saturated carbocycles. The first-order valence-electron chi connectivity index (χ1n) is 4.03. The highest BCUT2D eigenvalue weighted by molar-refractivity contribution is 5.90. The molecule has 1 aromatic heterocycles. The summed E-state index contributed by atoms with van der Waals surface area (Å²) < 4.78 is 0. The molecule has 0 bridgehead atoms. The number of aromatic nitrogens is 2. The van der Waals surface area contributed by atoms with Gasteiger partial charge in [0.1, 0.15) is 5.78 Å². The van der Waals surface area contributed by atoms with Crippen LogP contribution in [0, 0.1) is 0 Å². The average Bonchev–Trinajstić information content (AvgIpc) is 2.86. The van der Waals surface area contributed by atoms with E-state index in [1.54, 1.807) is 25.5 Å². The van der Waals surface area contributed by atoms with Crippen molar-refractivity contribution in [2.24, 2.45) is 0 Å². The lowest BCUT2D eigenvalue weighted by Gasteiger charge is -2.08. The monoisotopic (exact) mass is 162 g/mol. The van der Waals surface area contributed by atoms with Gasteiger partial charge in [-0.15, -0.1) is 0 Å². The number of rotatable bonds is 2. The predicted molar refractivity (Wildman–Crippen MR) is 43.6 cm³/mol. The molecule has 12 heavy (non-hydrogen) atoms. The van der Waals surface area contributed by atoms with Gasteiger partial charge in [-0.25, -0.2) is 0 Å². The maximum Gasteiger partial charge on any atom is 0.141 e. The summed E-state index contributed by atoms with van der Waals surface area (Å²) in [4.78, 5) is 19.4. The Morgan fingerprint density at radius 2 is 2.25 bits per heavy atom. The maximum atomic E-state index is 11.3. The minimum atomic E-state index is -0.270. The van der Waals surface area contributed by atoms with Crippen LogP contribution in [0.4, 0.5) is 0 Å². The van der Waals surface area contributed by atoms with Gasteiger partial charge in [0, 0.05) is 18.6 Å². The molecule has 0 saturated heterocycles. The zero-order valence-corrected chi connectivity index (χ0v) is 6.95. The first-order valence-corrected chi connectivity index (χ1v) is 4.03. The largest absolute Gasteiger partial charge is 0.299 e. The highest BCUT2D eigenvalue weighted by Crippen LogP contribution is 2.47. The van der Waals surface area contributed by atoms with E-state index in [1.807, 2.05) is 0 Å². The number of carbonyl (C=O) groups excluding carboxylic acids is 1. The number of nitrogens with zero attached hydrogens (tertiary/aromatic N) is 2. The lowest BCUT2D eigenvalue weighted by molar-refractivity contribution is -0.119. The van der Waals surface area contributed by atoms with Crippen LogP contribution >= 0.6 is 0 Å². The van der Waals surface area contributed by atoms with Crippen LogP contribution in [0.15, 0.2) is 18.6 Å². The summed E-state index contributed by atoms with van der Waals surface area (Å²) in [5.74, 6) is 0.211. The summed E-state index contributed by atoms with van der Waals surface area (Å²) in [5.41, 5.74) is 0.561. The third-order valence-electron chi connectivity index (χ3n) is 2.48. The van der Waals surface area contributed by atoms with E-state index in [9.17, 15) is 4.79 Å². The second-order valence-corrected chi connectivity index (χ2v) is 3.23. The molecular formula is C9H10N2O. The average molecular weight is 162 g/mol. The van der Waals surface area contributed by atoms with E-state index in [-0.39, 0.29) is 11.2 Å². The first kappa shape index (κ1) is 7.40. The van der Waals surface area contributed by atoms with Crippen LogP contribution in [0.3, 0.4) is 0 Å². The molecule has 0 N–H and O–H groups in total. The molecule has 1 fully saturated rings. The van der Waals surface area contributed by atoms with Gasteiger partial charge < -0.3 is 0 Å². The molecular weight excluding hydrogens is 152 g/mol. The highest BCUT2D eigenvalue weighted by Gasteiger charge is 2.50. The zero-order valence-electron chi connectivity index (χ0n) is 6.95. The Morgan fingerprint density at radius 3 is 2.67 bits per heavy atom. The van der Waals surface area contributed by atoms with Gasteiger partial charge in [0.15, 0.2) is 0 Å². The second-order valence-electron chi connectivity index (χ2n) is 3.23. The third kappa shape index (κ3) is 0.932. The highest BCUT2D eigenvalue weighted by atomic mass is 16.1. The quantitative estimate of drug-likeness (QED) is 0.654. The van der Waals surface area contributed by atoms with Crippen molar-refractivity contribution >= 4 is 5.78 Å². The van der Waals surface area contributed by atoms with Crippen LogP contribution in [-0.4, -0.2) is 15.8 Å². The summed E-state index contributed by atoms with van der Waals surface area (Å²) in [6.07, 6.45) is 6.81. The van der Waals surface area contributed by atoms with E-state index >= 15 is 0 Å². The molecule has 1 aliphatic rings. The topological polar surface area (TPSA) is 42.9 Å². The van der Waals surface area contributed by atoms with Crippen LogP contribution in [0.25, 0.3) is 0 Å². The van der Waals surface area contributed by atoms with E-state index in [2.05, 4.69) is 9.97 Å². The van der Waals surface area contributed by atoms with Crippen molar-refractivity contribution < 1.29 is 4.79 Å². The van der Waals surface area contributed by atoms with Gasteiger partial charge in [0.25, 0.3) is 0 Å². The number of ketones is 1. The van der Waals surface area contributed by atoms with Gasteiger partial charge in [-0.2, -0.15) is 0 Å². The van der Waals surface area contributed by atoms with E-state index in [0.717, 1.165) is 18.5 Å². The minimum Gasteiger partial charge on any atom is -0.299 e. The van der Waals surface area contributed by atoms with Crippen molar-refractivity contribution in [1.82, 2.24) is 9.97 Å². The number of hydrogen-bond acceptors (Lipinski definition) is 3. The lowest BCUT2D eigenvalue weighted by atomic mass is 9.98. The molecule has 0 spiro atoms. The number of hydrogen-bond donors (Lipinski definition) is 0. The number of Topliss-reactive ketones (excluding diaryl/α,β-unsaturated/α-hetero) is 1. The van der Waals surface area contributed by atoms with Crippen LogP contribution in [-0.2, 0) is 10.2 Å². The molecule has 0 atom stereocenters. The van der Waals surface area contributed by atoms with Crippen molar-refractivity contribution in [3.63, 3.8) is 0 Å².